The fourth-order valence-corrected chi connectivity index (χ4v) is 2.22. The topological polar surface area (TPSA) is 63.4 Å². The SMILES string of the molecule is CC1(C)CC(=O)N(Cc2ccc(C#CCN)cc2)C1=O. The molecule has 0 radical (unpaired) electrons. The quantitative estimate of drug-likeness (QED) is 0.650. The molecule has 2 rings (SSSR count). The van der Waals surface area contributed by atoms with Gasteiger partial charge in [-0.25, -0.2) is 0 Å². The van der Waals surface area contributed by atoms with E-state index in [0.717, 1.165) is 11.1 Å². The smallest absolute Gasteiger partial charge is 0.235 e. The average molecular weight is 270 g/mol. The minimum atomic E-state index is -0.580. The van der Waals surface area contributed by atoms with Crippen molar-refractivity contribution in [1.29, 1.82) is 0 Å². The Balaban J connectivity index is 2.11. The summed E-state index contributed by atoms with van der Waals surface area (Å²) in [5.41, 5.74) is 6.53. The normalized spacial score (nSPS) is 17.1. The molecule has 0 saturated carbocycles. The van der Waals surface area contributed by atoms with Crippen molar-refractivity contribution >= 4 is 11.8 Å². The number of nitrogens with zero attached hydrogens (tertiary/aromatic N) is 1. The molecule has 0 bridgehead atoms. The number of hydrogen-bond donors (Lipinski definition) is 1. The van der Waals surface area contributed by atoms with E-state index in [-0.39, 0.29) is 18.2 Å². The number of carbonyl (C=O) groups excluding carboxylic acids is 2. The van der Waals surface area contributed by atoms with Gasteiger partial charge in [0.15, 0.2) is 0 Å². The van der Waals surface area contributed by atoms with Gasteiger partial charge in [0.1, 0.15) is 0 Å². The maximum Gasteiger partial charge on any atom is 0.235 e. The third-order valence-corrected chi connectivity index (χ3v) is 3.35. The maximum absolute atomic E-state index is 12.1. The van der Waals surface area contributed by atoms with Gasteiger partial charge in [-0.2, -0.15) is 0 Å². The van der Waals surface area contributed by atoms with E-state index in [1.165, 1.54) is 4.90 Å². The molecule has 0 aliphatic carbocycles. The van der Waals surface area contributed by atoms with Crippen molar-refractivity contribution in [2.75, 3.05) is 6.54 Å². The summed E-state index contributed by atoms with van der Waals surface area (Å²) in [6, 6.07) is 7.50. The van der Waals surface area contributed by atoms with Crippen molar-refractivity contribution in [1.82, 2.24) is 4.90 Å². The second-order valence-corrected chi connectivity index (χ2v) is 5.55. The van der Waals surface area contributed by atoms with Crippen LogP contribution in [0.5, 0.6) is 0 Å². The van der Waals surface area contributed by atoms with Crippen LogP contribution in [0.15, 0.2) is 24.3 Å². The second kappa shape index (κ2) is 5.48. The molecule has 104 valence electrons. The number of rotatable bonds is 2. The van der Waals surface area contributed by atoms with Gasteiger partial charge in [-0.15, -0.1) is 0 Å². The average Bonchev–Trinajstić information content (AvgIpc) is 2.60. The molecule has 2 amide bonds. The van der Waals surface area contributed by atoms with Crippen LogP contribution >= 0.6 is 0 Å². The lowest BCUT2D eigenvalue weighted by molar-refractivity contribution is -0.141. The van der Waals surface area contributed by atoms with Crippen LogP contribution in [-0.4, -0.2) is 23.3 Å². The number of imide groups is 1. The molecule has 0 unspecified atom stereocenters. The number of hydrogen-bond acceptors (Lipinski definition) is 3. The van der Waals surface area contributed by atoms with Gasteiger partial charge in [-0.1, -0.05) is 37.8 Å². The van der Waals surface area contributed by atoms with Gasteiger partial charge >= 0.3 is 0 Å². The van der Waals surface area contributed by atoms with Crippen LogP contribution in [0.25, 0.3) is 0 Å². The zero-order chi connectivity index (χ0) is 14.8. The minimum absolute atomic E-state index is 0.102. The predicted molar refractivity (Wildman–Crippen MR) is 76.3 cm³/mol. The van der Waals surface area contributed by atoms with E-state index in [1.54, 1.807) is 13.8 Å². The monoisotopic (exact) mass is 270 g/mol. The lowest BCUT2D eigenvalue weighted by Gasteiger charge is -2.17. The van der Waals surface area contributed by atoms with E-state index in [9.17, 15) is 9.59 Å². The number of likely N-dealkylation sites (tertiary alicyclic amines) is 1. The number of benzene rings is 1. The first-order valence-electron chi connectivity index (χ1n) is 6.57. The summed E-state index contributed by atoms with van der Waals surface area (Å²) in [4.78, 5) is 25.3. The number of nitrogens with two attached hydrogens (primary N) is 1. The highest BCUT2D eigenvalue weighted by molar-refractivity contribution is 6.05. The minimum Gasteiger partial charge on any atom is -0.320 e. The van der Waals surface area contributed by atoms with Crippen LogP contribution in [0.4, 0.5) is 0 Å². The predicted octanol–water partition coefficient (Wildman–Crippen LogP) is 1.28. The Hall–Kier alpha value is -2.12. The molecule has 4 heteroatoms. The Kier molecular flexibility index (Phi) is 3.91. The number of amides is 2. The Labute approximate surface area is 118 Å². The van der Waals surface area contributed by atoms with Crippen molar-refractivity contribution in [3.05, 3.63) is 35.4 Å². The standard InChI is InChI=1S/C16H18N2O2/c1-16(2)10-14(19)18(15(16)20)11-13-7-5-12(6-8-13)4-3-9-17/h5-8H,9-11,17H2,1-2H3. The summed E-state index contributed by atoms with van der Waals surface area (Å²) >= 11 is 0. The Bertz CT molecular complexity index is 591. The summed E-state index contributed by atoms with van der Waals surface area (Å²) in [7, 11) is 0. The largest absolute Gasteiger partial charge is 0.320 e. The Morgan fingerprint density at radius 3 is 2.40 bits per heavy atom. The molecule has 1 saturated heterocycles. The maximum atomic E-state index is 12.1. The molecule has 2 N–H and O–H groups in total. The highest BCUT2D eigenvalue weighted by atomic mass is 16.2. The molecule has 1 aliphatic heterocycles. The van der Waals surface area contributed by atoms with Gasteiger partial charge in [0.25, 0.3) is 0 Å². The van der Waals surface area contributed by atoms with E-state index in [1.807, 2.05) is 24.3 Å². The van der Waals surface area contributed by atoms with Crippen LogP contribution in [-0.2, 0) is 16.1 Å². The van der Waals surface area contributed by atoms with Crippen LogP contribution in [0.3, 0.4) is 0 Å². The van der Waals surface area contributed by atoms with Crippen molar-refractivity contribution in [2.24, 2.45) is 11.1 Å². The molecule has 0 spiro atoms. The molecule has 20 heavy (non-hydrogen) atoms. The molecule has 0 atom stereocenters. The Morgan fingerprint density at radius 2 is 1.90 bits per heavy atom. The van der Waals surface area contributed by atoms with Gasteiger partial charge in [0, 0.05) is 12.0 Å². The molecule has 0 aromatic heterocycles. The lowest BCUT2D eigenvalue weighted by atomic mass is 9.92. The number of carbonyl (C=O) groups is 2. The van der Waals surface area contributed by atoms with Gasteiger partial charge in [-0.3, -0.25) is 14.5 Å². The first-order chi connectivity index (χ1) is 9.44. The fourth-order valence-electron chi connectivity index (χ4n) is 2.22. The van der Waals surface area contributed by atoms with Gasteiger partial charge in [-0.05, 0) is 17.7 Å². The fraction of sp³-hybridized carbons (Fsp3) is 0.375. The molecule has 4 nitrogen and oxygen atoms in total. The third kappa shape index (κ3) is 2.89. The summed E-state index contributed by atoms with van der Waals surface area (Å²) in [6.07, 6.45) is 0.284. The summed E-state index contributed by atoms with van der Waals surface area (Å²) in [6.45, 7) is 4.26. The molecular formula is C16H18N2O2. The highest BCUT2D eigenvalue weighted by Crippen LogP contribution is 2.32. The van der Waals surface area contributed by atoms with Gasteiger partial charge in [0.05, 0.1) is 18.5 Å². The molecule has 1 aliphatic rings. The molecular weight excluding hydrogens is 252 g/mol. The molecule has 1 fully saturated rings. The zero-order valence-corrected chi connectivity index (χ0v) is 11.8. The third-order valence-electron chi connectivity index (χ3n) is 3.35. The molecule has 1 aromatic rings. The van der Waals surface area contributed by atoms with Crippen LogP contribution in [0.1, 0.15) is 31.4 Å². The first-order valence-corrected chi connectivity index (χ1v) is 6.57. The first kappa shape index (κ1) is 14.3. The van der Waals surface area contributed by atoms with Crippen molar-refractivity contribution < 1.29 is 9.59 Å². The second-order valence-electron chi connectivity index (χ2n) is 5.55. The lowest BCUT2D eigenvalue weighted by Crippen LogP contribution is -2.32. The molecule has 1 aromatic carbocycles. The van der Waals surface area contributed by atoms with E-state index < -0.39 is 5.41 Å². The summed E-state index contributed by atoms with van der Waals surface area (Å²) < 4.78 is 0. The Morgan fingerprint density at radius 1 is 1.25 bits per heavy atom. The molecule has 1 heterocycles. The van der Waals surface area contributed by atoms with Crippen molar-refractivity contribution in [3.63, 3.8) is 0 Å². The highest BCUT2D eigenvalue weighted by Gasteiger charge is 2.44. The van der Waals surface area contributed by atoms with Gasteiger partial charge in [0.2, 0.25) is 11.8 Å². The van der Waals surface area contributed by atoms with E-state index in [2.05, 4.69) is 11.8 Å². The zero-order valence-electron chi connectivity index (χ0n) is 11.8. The van der Waals surface area contributed by atoms with Crippen molar-refractivity contribution in [3.8, 4) is 11.8 Å². The van der Waals surface area contributed by atoms with Crippen LogP contribution < -0.4 is 5.73 Å². The summed E-state index contributed by atoms with van der Waals surface area (Å²) in [5.74, 6) is 5.51. The van der Waals surface area contributed by atoms with Crippen LogP contribution in [0, 0.1) is 17.3 Å². The van der Waals surface area contributed by atoms with E-state index in [4.69, 9.17) is 5.73 Å². The van der Waals surface area contributed by atoms with Gasteiger partial charge < -0.3 is 5.73 Å². The van der Waals surface area contributed by atoms with Crippen molar-refractivity contribution in [2.45, 2.75) is 26.8 Å². The van der Waals surface area contributed by atoms with E-state index >= 15 is 0 Å². The van der Waals surface area contributed by atoms with Crippen LogP contribution in [0.2, 0.25) is 0 Å². The van der Waals surface area contributed by atoms with E-state index in [0.29, 0.717) is 13.1 Å². The summed E-state index contributed by atoms with van der Waals surface area (Å²) in [5, 5.41) is 0.